The van der Waals surface area contributed by atoms with Crippen LogP contribution in [0.15, 0.2) is 79.6 Å². The fourth-order valence-electron chi connectivity index (χ4n) is 3.20. The molecule has 2 aromatic carbocycles. The number of carbonyl (C=O) groups excluding carboxylic acids is 1. The van der Waals surface area contributed by atoms with E-state index in [1.54, 1.807) is 30.7 Å². The Balaban J connectivity index is 1.28. The molecule has 1 amide bonds. The van der Waals surface area contributed by atoms with Crippen molar-refractivity contribution in [3.63, 3.8) is 0 Å². The Hall–Kier alpha value is -4.93. The number of nitrogens with one attached hydrogen (secondary N) is 2. The first-order valence-electron chi connectivity index (χ1n) is 10.00. The third-order valence-electron chi connectivity index (χ3n) is 4.73. The average molecular weight is 438 g/mol. The highest BCUT2D eigenvalue weighted by Crippen LogP contribution is 2.20. The van der Waals surface area contributed by atoms with Crippen LogP contribution in [0, 0.1) is 6.92 Å². The number of aromatic nitrogens is 8. The van der Waals surface area contributed by atoms with Gasteiger partial charge in [0.15, 0.2) is 0 Å². The highest BCUT2D eigenvalue weighted by Gasteiger charge is 2.09. The molecule has 5 aromatic rings. The van der Waals surface area contributed by atoms with Gasteiger partial charge in [-0.25, -0.2) is 19.6 Å². The van der Waals surface area contributed by atoms with E-state index in [1.165, 1.54) is 11.0 Å². The molecule has 0 aliphatic carbocycles. The Morgan fingerprint density at radius 2 is 1.82 bits per heavy atom. The highest BCUT2D eigenvalue weighted by atomic mass is 16.1. The first kappa shape index (κ1) is 20.0. The fourth-order valence-corrected chi connectivity index (χ4v) is 3.20. The molecule has 3 aromatic heterocycles. The van der Waals surface area contributed by atoms with Crippen molar-refractivity contribution in [1.82, 2.24) is 39.7 Å². The van der Waals surface area contributed by atoms with Crippen molar-refractivity contribution in [3.8, 4) is 11.5 Å². The molecular weight excluding hydrogens is 420 g/mol. The monoisotopic (exact) mass is 438 g/mol. The summed E-state index contributed by atoms with van der Waals surface area (Å²) in [6, 6.07) is 16.2. The predicted octanol–water partition coefficient (Wildman–Crippen LogP) is 2.94. The Kier molecular flexibility index (Phi) is 5.25. The number of imidazole rings is 1. The number of amides is 1. The van der Waals surface area contributed by atoms with Crippen LogP contribution < -0.4 is 10.6 Å². The molecule has 0 saturated carbocycles. The first-order chi connectivity index (χ1) is 16.1. The van der Waals surface area contributed by atoms with Gasteiger partial charge in [0.25, 0.3) is 5.91 Å². The maximum absolute atomic E-state index is 12.7. The topological polar surface area (TPSA) is 128 Å². The van der Waals surface area contributed by atoms with Crippen LogP contribution in [0.1, 0.15) is 16.2 Å². The van der Waals surface area contributed by atoms with Gasteiger partial charge in [-0.05, 0) is 59.8 Å². The zero-order valence-corrected chi connectivity index (χ0v) is 17.5. The minimum Gasteiger partial charge on any atom is -0.340 e. The third-order valence-corrected chi connectivity index (χ3v) is 4.73. The number of carbonyl (C=O) groups is 1. The summed E-state index contributed by atoms with van der Waals surface area (Å²) in [6.45, 7) is 1.83. The number of rotatable bonds is 6. The number of tetrazole rings is 1. The standard InChI is InChI=1S/C22H18N10O/c1-15-25-20(12-21(26-15)31-10-9-23-13-31)27-17-5-7-18(8-6-17)28-22(33)16-3-2-4-19(11-16)32-14-24-29-30-32/h2-14H,1H3,(H,28,33)(H,25,26,27). The molecule has 3 heterocycles. The first-order valence-corrected chi connectivity index (χ1v) is 10.00. The van der Waals surface area contributed by atoms with Gasteiger partial charge in [0.1, 0.15) is 30.1 Å². The van der Waals surface area contributed by atoms with Gasteiger partial charge in [-0.15, -0.1) is 5.10 Å². The van der Waals surface area contributed by atoms with Crippen LogP contribution in [0.4, 0.5) is 17.2 Å². The third kappa shape index (κ3) is 4.56. The van der Waals surface area contributed by atoms with Crippen molar-refractivity contribution in [3.05, 3.63) is 91.0 Å². The maximum atomic E-state index is 12.7. The summed E-state index contributed by atoms with van der Waals surface area (Å²) in [6.07, 6.45) is 6.67. The molecule has 0 saturated heterocycles. The van der Waals surface area contributed by atoms with Crippen molar-refractivity contribution >= 4 is 23.1 Å². The van der Waals surface area contributed by atoms with Crippen LogP contribution >= 0.6 is 0 Å². The van der Waals surface area contributed by atoms with Gasteiger partial charge >= 0.3 is 0 Å². The van der Waals surface area contributed by atoms with Crippen LogP contribution in [0.2, 0.25) is 0 Å². The lowest BCUT2D eigenvalue weighted by Gasteiger charge is -2.10. The van der Waals surface area contributed by atoms with Gasteiger partial charge in [0.05, 0.1) is 5.69 Å². The lowest BCUT2D eigenvalue weighted by Crippen LogP contribution is -2.12. The van der Waals surface area contributed by atoms with E-state index in [0.29, 0.717) is 28.6 Å². The minimum absolute atomic E-state index is 0.234. The summed E-state index contributed by atoms with van der Waals surface area (Å²) in [7, 11) is 0. The summed E-state index contributed by atoms with van der Waals surface area (Å²) in [5, 5.41) is 17.2. The summed E-state index contributed by atoms with van der Waals surface area (Å²) in [5.74, 6) is 1.77. The lowest BCUT2D eigenvalue weighted by molar-refractivity contribution is 0.102. The normalized spacial score (nSPS) is 10.7. The van der Waals surface area contributed by atoms with Crippen molar-refractivity contribution in [1.29, 1.82) is 0 Å². The average Bonchev–Trinajstić information content (AvgIpc) is 3.55. The Labute approximate surface area is 188 Å². The van der Waals surface area contributed by atoms with Gasteiger partial charge in [0, 0.05) is 35.4 Å². The summed E-state index contributed by atoms with van der Waals surface area (Å²) < 4.78 is 3.30. The molecule has 0 spiro atoms. The van der Waals surface area contributed by atoms with Gasteiger partial charge in [0.2, 0.25) is 0 Å². The number of anilines is 3. The Bertz CT molecular complexity index is 1380. The van der Waals surface area contributed by atoms with E-state index < -0.39 is 0 Å². The van der Waals surface area contributed by atoms with Crippen LogP contribution in [-0.2, 0) is 0 Å². The molecule has 162 valence electrons. The van der Waals surface area contributed by atoms with E-state index in [4.69, 9.17) is 0 Å². The zero-order chi connectivity index (χ0) is 22.6. The van der Waals surface area contributed by atoms with Crippen molar-refractivity contribution in [2.75, 3.05) is 10.6 Å². The van der Waals surface area contributed by atoms with Gasteiger partial charge in [-0.1, -0.05) is 6.07 Å². The lowest BCUT2D eigenvalue weighted by atomic mass is 10.2. The number of benzene rings is 2. The van der Waals surface area contributed by atoms with Gasteiger partial charge in [-0.2, -0.15) is 0 Å². The molecule has 11 heteroatoms. The molecule has 0 bridgehead atoms. The maximum Gasteiger partial charge on any atom is 0.255 e. The van der Waals surface area contributed by atoms with Crippen LogP contribution in [0.25, 0.3) is 11.5 Å². The largest absolute Gasteiger partial charge is 0.340 e. The van der Waals surface area contributed by atoms with E-state index in [-0.39, 0.29) is 5.91 Å². The molecular formula is C22H18N10O. The van der Waals surface area contributed by atoms with Crippen LogP contribution in [0.3, 0.4) is 0 Å². The second-order valence-corrected chi connectivity index (χ2v) is 7.09. The highest BCUT2D eigenvalue weighted by molar-refractivity contribution is 6.04. The van der Waals surface area contributed by atoms with E-state index in [0.717, 1.165) is 11.5 Å². The van der Waals surface area contributed by atoms with E-state index in [2.05, 4.69) is 41.1 Å². The van der Waals surface area contributed by atoms with Crippen LogP contribution in [0.5, 0.6) is 0 Å². The van der Waals surface area contributed by atoms with Crippen LogP contribution in [-0.4, -0.2) is 45.6 Å². The molecule has 0 radical (unpaired) electrons. The molecule has 0 aliphatic heterocycles. The summed E-state index contributed by atoms with van der Waals surface area (Å²) in [4.78, 5) is 25.6. The minimum atomic E-state index is -0.234. The quantitative estimate of drug-likeness (QED) is 0.414. The smallest absolute Gasteiger partial charge is 0.255 e. The predicted molar refractivity (Wildman–Crippen MR) is 121 cm³/mol. The summed E-state index contributed by atoms with van der Waals surface area (Å²) in [5.41, 5.74) is 2.68. The second kappa shape index (κ2) is 8.67. The molecule has 0 atom stereocenters. The number of hydrogen-bond acceptors (Lipinski definition) is 8. The number of aryl methyl sites for hydroxylation is 1. The molecule has 0 unspecified atom stereocenters. The molecule has 33 heavy (non-hydrogen) atoms. The SMILES string of the molecule is Cc1nc(Nc2ccc(NC(=O)c3cccc(-n4cnnn4)c3)cc2)cc(-n2ccnc2)n1. The van der Waals surface area contributed by atoms with E-state index >= 15 is 0 Å². The zero-order valence-electron chi connectivity index (χ0n) is 17.5. The van der Waals surface area contributed by atoms with E-state index in [9.17, 15) is 4.79 Å². The molecule has 2 N–H and O–H groups in total. The molecule has 0 fully saturated rings. The molecule has 11 nitrogen and oxygen atoms in total. The Morgan fingerprint density at radius 1 is 0.970 bits per heavy atom. The summed E-state index contributed by atoms with van der Waals surface area (Å²) >= 11 is 0. The molecule has 0 aliphatic rings. The number of hydrogen-bond donors (Lipinski definition) is 2. The fraction of sp³-hybridized carbons (Fsp3) is 0.0455. The van der Waals surface area contributed by atoms with Gasteiger partial charge < -0.3 is 10.6 Å². The van der Waals surface area contributed by atoms with Gasteiger partial charge in [-0.3, -0.25) is 9.36 Å². The van der Waals surface area contributed by atoms with Crippen molar-refractivity contribution in [2.24, 2.45) is 0 Å². The Morgan fingerprint density at radius 3 is 2.58 bits per heavy atom. The van der Waals surface area contributed by atoms with E-state index in [1.807, 2.05) is 54.1 Å². The van der Waals surface area contributed by atoms with Crippen molar-refractivity contribution in [2.45, 2.75) is 6.92 Å². The molecule has 5 rings (SSSR count). The number of nitrogens with zero attached hydrogens (tertiary/aromatic N) is 8. The van der Waals surface area contributed by atoms with Crippen molar-refractivity contribution < 1.29 is 4.79 Å². The second-order valence-electron chi connectivity index (χ2n) is 7.09.